The Morgan fingerprint density at radius 3 is 2.56 bits per heavy atom. The van der Waals surface area contributed by atoms with E-state index >= 15 is 0 Å². The Hall–Kier alpha value is -3.92. The predicted octanol–water partition coefficient (Wildman–Crippen LogP) is 3.21. The summed E-state index contributed by atoms with van der Waals surface area (Å²) in [6.07, 6.45) is -0.251. The molecule has 2 aromatic heterocycles. The number of aromatic nitrogens is 2. The van der Waals surface area contributed by atoms with Crippen LogP contribution in [0.1, 0.15) is 28.4 Å². The van der Waals surface area contributed by atoms with Crippen LogP contribution in [0.25, 0.3) is 0 Å². The maximum absolute atomic E-state index is 12.5. The number of nitro groups is 1. The van der Waals surface area contributed by atoms with Gasteiger partial charge in [0.15, 0.2) is 5.82 Å². The van der Waals surface area contributed by atoms with Gasteiger partial charge in [-0.3, -0.25) is 19.9 Å². The second-order valence-electron chi connectivity index (χ2n) is 6.31. The molecule has 14 heteroatoms. The molecular formula is C20H21ClF3N7O3. The first-order valence-electron chi connectivity index (χ1n) is 9.58. The van der Waals surface area contributed by atoms with Crippen LogP contribution in [0.4, 0.5) is 13.2 Å². The number of hydrogen-bond acceptors (Lipinski definition) is 8. The van der Waals surface area contributed by atoms with Gasteiger partial charge in [0.2, 0.25) is 0 Å². The number of carbonyl (C=O) groups is 1. The Bertz CT molecular complexity index is 1040. The zero-order valence-electron chi connectivity index (χ0n) is 18.1. The van der Waals surface area contributed by atoms with Crippen molar-refractivity contribution in [2.45, 2.75) is 19.6 Å². The van der Waals surface area contributed by atoms with Crippen LogP contribution in [0.15, 0.2) is 48.8 Å². The molecule has 10 nitrogen and oxygen atoms in total. The van der Waals surface area contributed by atoms with Gasteiger partial charge in [0.05, 0.1) is 22.1 Å². The molecule has 34 heavy (non-hydrogen) atoms. The van der Waals surface area contributed by atoms with E-state index in [4.69, 9.17) is 16.9 Å². The lowest BCUT2D eigenvalue weighted by Crippen LogP contribution is -2.30. The highest BCUT2D eigenvalue weighted by Gasteiger charge is 2.35. The van der Waals surface area contributed by atoms with Crippen LogP contribution in [-0.2, 0) is 12.7 Å². The lowest BCUT2D eigenvalue weighted by atomic mass is 10.1. The molecule has 0 unspecified atom stereocenters. The highest BCUT2D eigenvalue weighted by atomic mass is 35.5. The van der Waals surface area contributed by atoms with Gasteiger partial charge in [-0.05, 0) is 24.6 Å². The summed E-state index contributed by atoms with van der Waals surface area (Å²) in [6, 6.07) is 5.84. The average molecular weight is 500 g/mol. The largest absolute Gasteiger partial charge is 0.417 e. The van der Waals surface area contributed by atoms with Crippen molar-refractivity contribution in [3.63, 3.8) is 0 Å². The Kier molecular flexibility index (Phi) is 11.2. The van der Waals surface area contributed by atoms with Crippen LogP contribution in [-0.4, -0.2) is 45.8 Å². The molecular weight excluding hydrogens is 479 g/mol. The lowest BCUT2D eigenvalue weighted by Gasteiger charge is -2.23. The Labute approximate surface area is 198 Å². The van der Waals surface area contributed by atoms with E-state index in [1.165, 1.54) is 0 Å². The predicted molar refractivity (Wildman–Crippen MR) is 117 cm³/mol. The van der Waals surface area contributed by atoms with E-state index < -0.39 is 28.1 Å². The maximum Gasteiger partial charge on any atom is 0.417 e. The quantitative estimate of drug-likeness (QED) is 0.244. The fourth-order valence-corrected chi connectivity index (χ4v) is 2.64. The molecule has 2 rings (SSSR count). The van der Waals surface area contributed by atoms with Crippen molar-refractivity contribution in [3.8, 4) is 6.07 Å². The van der Waals surface area contributed by atoms with Gasteiger partial charge in [0, 0.05) is 38.7 Å². The second kappa shape index (κ2) is 13.6. The van der Waals surface area contributed by atoms with E-state index in [0.717, 1.165) is 24.2 Å². The topological polar surface area (TPSA) is 137 Å². The number of halogens is 4. The molecule has 0 bridgehead atoms. The van der Waals surface area contributed by atoms with Crippen molar-refractivity contribution in [1.82, 2.24) is 25.5 Å². The molecule has 1 amide bonds. The molecule has 0 radical (unpaired) electrons. The number of pyridine rings is 2. The first-order valence-corrected chi connectivity index (χ1v) is 9.96. The molecule has 0 aromatic carbocycles. The Morgan fingerprint density at radius 1 is 1.35 bits per heavy atom. The van der Waals surface area contributed by atoms with Gasteiger partial charge in [0.1, 0.15) is 11.7 Å². The summed E-state index contributed by atoms with van der Waals surface area (Å²) in [7, 11) is 1.65. The fourth-order valence-electron chi connectivity index (χ4n) is 2.53. The number of nitriles is 1. The van der Waals surface area contributed by atoms with Crippen molar-refractivity contribution >= 4 is 17.5 Å². The third-order valence-electron chi connectivity index (χ3n) is 4.07. The van der Waals surface area contributed by atoms with Gasteiger partial charge in [-0.15, -0.1) is 0 Å². The first kappa shape index (κ1) is 28.1. The lowest BCUT2D eigenvalue weighted by molar-refractivity contribution is -0.404. The van der Waals surface area contributed by atoms with Gasteiger partial charge < -0.3 is 15.5 Å². The summed E-state index contributed by atoms with van der Waals surface area (Å²) < 4.78 is 37.4. The fraction of sp³-hybridized carbons (Fsp3) is 0.300. The molecule has 0 aliphatic rings. The molecule has 2 N–H and O–H groups in total. The van der Waals surface area contributed by atoms with Gasteiger partial charge in [-0.25, -0.2) is 4.98 Å². The van der Waals surface area contributed by atoms with Crippen LogP contribution in [0.2, 0.25) is 5.15 Å². The Balaban J connectivity index is 0.000000342. The molecule has 182 valence electrons. The number of carbonyl (C=O) groups excluding carboxylic acids is 1. The van der Waals surface area contributed by atoms with Gasteiger partial charge >= 0.3 is 6.18 Å². The third-order valence-corrected chi connectivity index (χ3v) is 4.29. The van der Waals surface area contributed by atoms with E-state index in [9.17, 15) is 28.1 Å². The minimum atomic E-state index is -4.62. The van der Waals surface area contributed by atoms with E-state index in [1.54, 1.807) is 25.4 Å². The van der Waals surface area contributed by atoms with Gasteiger partial charge in [-0.1, -0.05) is 17.7 Å². The highest BCUT2D eigenvalue weighted by molar-refractivity contribution is 6.29. The van der Waals surface area contributed by atoms with E-state index in [-0.39, 0.29) is 6.54 Å². The standard InChI is InChI=1S/C11H15ClN4O2.C9H6F3N3O/c1-3-15(11(13-2)8-16(17)18)7-9-4-5-10(12)14-6-9;10-9(11,12)7-1-3-14-5-6(7)8(16)15-4-2-13/h4-6,8,13H,3,7H2,1-2H3;1,3,5H,4H2,(H,15,16)/b11-8+;. The van der Waals surface area contributed by atoms with E-state index in [2.05, 4.69) is 15.3 Å². The molecule has 2 aromatic rings. The van der Waals surface area contributed by atoms with Crippen LogP contribution >= 0.6 is 11.6 Å². The monoisotopic (exact) mass is 499 g/mol. The molecule has 0 aliphatic heterocycles. The minimum absolute atomic E-state index is 0.356. The zero-order valence-corrected chi connectivity index (χ0v) is 18.9. The number of rotatable bonds is 8. The summed E-state index contributed by atoms with van der Waals surface area (Å²) in [6.45, 7) is 2.74. The molecule has 0 fully saturated rings. The van der Waals surface area contributed by atoms with Crippen molar-refractivity contribution in [2.24, 2.45) is 0 Å². The van der Waals surface area contributed by atoms with Crippen molar-refractivity contribution in [1.29, 1.82) is 5.26 Å². The van der Waals surface area contributed by atoms with Crippen LogP contribution in [0.3, 0.4) is 0 Å². The Morgan fingerprint density at radius 2 is 2.06 bits per heavy atom. The molecule has 0 aliphatic carbocycles. The maximum atomic E-state index is 12.5. The SMILES string of the molecule is CCN(Cc1ccc(Cl)nc1)/C(=C/[N+](=O)[O-])NC.N#CCNC(=O)c1cnccc1C(F)(F)F. The number of alkyl halides is 3. The van der Waals surface area contributed by atoms with Crippen molar-refractivity contribution in [2.75, 3.05) is 20.1 Å². The molecule has 0 atom stereocenters. The van der Waals surface area contributed by atoms with Gasteiger partial charge in [0.25, 0.3) is 12.1 Å². The molecule has 0 spiro atoms. The second-order valence-corrected chi connectivity index (χ2v) is 6.70. The summed E-state index contributed by atoms with van der Waals surface area (Å²) in [5.41, 5.74) is -0.728. The van der Waals surface area contributed by atoms with Crippen molar-refractivity contribution < 1.29 is 22.9 Å². The normalized spacial score (nSPS) is 10.9. The van der Waals surface area contributed by atoms with E-state index in [1.807, 2.05) is 23.2 Å². The summed E-state index contributed by atoms with van der Waals surface area (Å²) in [5.74, 6) is -0.514. The average Bonchev–Trinajstić information content (AvgIpc) is 2.80. The first-order chi connectivity index (χ1) is 16.0. The highest BCUT2D eigenvalue weighted by Crippen LogP contribution is 2.31. The molecule has 0 saturated carbocycles. The minimum Gasteiger partial charge on any atom is -0.370 e. The number of amides is 1. The number of nitrogens with zero attached hydrogens (tertiary/aromatic N) is 5. The number of nitrogens with one attached hydrogen (secondary N) is 2. The van der Waals surface area contributed by atoms with Crippen LogP contribution < -0.4 is 10.6 Å². The van der Waals surface area contributed by atoms with Crippen LogP contribution in [0.5, 0.6) is 0 Å². The van der Waals surface area contributed by atoms with E-state index in [0.29, 0.717) is 30.1 Å². The summed E-state index contributed by atoms with van der Waals surface area (Å²) in [5, 5.41) is 24.0. The number of hydrogen-bond donors (Lipinski definition) is 2. The van der Waals surface area contributed by atoms with Crippen LogP contribution in [0, 0.1) is 21.4 Å². The summed E-state index contributed by atoms with van der Waals surface area (Å²) in [4.78, 5) is 30.6. The van der Waals surface area contributed by atoms with Crippen molar-refractivity contribution in [3.05, 3.63) is 80.8 Å². The molecule has 0 saturated heterocycles. The molecule has 2 heterocycles. The zero-order chi connectivity index (χ0) is 25.7. The summed E-state index contributed by atoms with van der Waals surface area (Å²) >= 11 is 5.70. The third kappa shape index (κ3) is 9.29. The smallest absolute Gasteiger partial charge is 0.370 e. The van der Waals surface area contributed by atoms with Gasteiger partial charge in [-0.2, -0.15) is 18.4 Å².